The van der Waals surface area contributed by atoms with Gasteiger partial charge in [-0.2, -0.15) is 0 Å². The summed E-state index contributed by atoms with van der Waals surface area (Å²) in [5.74, 6) is -3.80. The maximum Gasteiger partial charge on any atom is 0.199 e. The third-order valence-electron chi connectivity index (χ3n) is 2.46. The van der Waals surface area contributed by atoms with E-state index in [2.05, 4.69) is 0 Å². The first-order chi connectivity index (χ1) is 7.45. The van der Waals surface area contributed by atoms with Gasteiger partial charge in [0, 0.05) is 0 Å². The van der Waals surface area contributed by atoms with Crippen LogP contribution in [-0.2, 0) is 19.2 Å². The lowest BCUT2D eigenvalue weighted by Crippen LogP contribution is -2.49. The summed E-state index contributed by atoms with van der Waals surface area (Å²) in [6.45, 7) is 0. The number of allylic oxidation sites excluding steroid dienone is 2. The normalized spacial score (nSPS) is 29.9. The van der Waals surface area contributed by atoms with Crippen molar-refractivity contribution in [2.24, 2.45) is 0 Å². The molecular weight excluding hydrogens is 216 g/mol. The van der Waals surface area contributed by atoms with Gasteiger partial charge in [-0.3, -0.25) is 19.2 Å². The molecule has 2 rings (SSSR count). The van der Waals surface area contributed by atoms with Crippen molar-refractivity contribution < 1.29 is 29.4 Å². The molecule has 82 valence electrons. The minimum Gasteiger partial charge on any atom is -0.382 e. The van der Waals surface area contributed by atoms with Crippen LogP contribution in [0, 0.1) is 0 Å². The standard InChI is InChI=1S/C10H6O6/c11-3-1-2-4(12)6-5(3)7(13)9(15)10(16)8(6)14/h1-2,9-10,15-16H. The molecule has 0 aliphatic heterocycles. The summed E-state index contributed by atoms with van der Waals surface area (Å²) >= 11 is 0. The molecule has 16 heavy (non-hydrogen) atoms. The van der Waals surface area contributed by atoms with Gasteiger partial charge in [0.1, 0.15) is 0 Å². The Balaban J connectivity index is 2.67. The van der Waals surface area contributed by atoms with Gasteiger partial charge in [-0.25, -0.2) is 0 Å². The minimum absolute atomic E-state index is 0.629. The molecule has 2 aliphatic rings. The van der Waals surface area contributed by atoms with E-state index >= 15 is 0 Å². The summed E-state index contributed by atoms with van der Waals surface area (Å²) in [5, 5.41) is 18.4. The van der Waals surface area contributed by atoms with Crippen LogP contribution in [0.5, 0.6) is 0 Å². The lowest BCUT2D eigenvalue weighted by Gasteiger charge is -2.25. The lowest BCUT2D eigenvalue weighted by molar-refractivity contribution is -0.143. The number of carbonyl (C=O) groups is 4. The Bertz CT molecular complexity index is 451. The van der Waals surface area contributed by atoms with Gasteiger partial charge in [-0.15, -0.1) is 0 Å². The first-order valence-electron chi connectivity index (χ1n) is 4.40. The van der Waals surface area contributed by atoms with Crippen LogP contribution in [0.4, 0.5) is 0 Å². The van der Waals surface area contributed by atoms with Crippen LogP contribution in [0.2, 0.25) is 0 Å². The number of Topliss-reactive ketones (excluding diaryl/α,β-unsaturated/α-hetero) is 2. The fraction of sp³-hybridized carbons (Fsp3) is 0.200. The van der Waals surface area contributed by atoms with Crippen LogP contribution in [-0.4, -0.2) is 45.6 Å². The smallest absolute Gasteiger partial charge is 0.199 e. The minimum atomic E-state index is -1.98. The Hall–Kier alpha value is -1.92. The summed E-state index contributed by atoms with van der Waals surface area (Å²) < 4.78 is 0. The molecule has 0 aromatic rings. The van der Waals surface area contributed by atoms with Crippen LogP contribution in [0.3, 0.4) is 0 Å². The van der Waals surface area contributed by atoms with Crippen LogP contribution in [0.25, 0.3) is 0 Å². The van der Waals surface area contributed by atoms with Crippen molar-refractivity contribution in [3.8, 4) is 0 Å². The summed E-state index contributed by atoms with van der Waals surface area (Å²) in [7, 11) is 0. The molecule has 2 atom stereocenters. The molecule has 0 saturated carbocycles. The summed E-state index contributed by atoms with van der Waals surface area (Å²) in [6, 6.07) is 0. The molecule has 0 heterocycles. The Morgan fingerprint density at radius 3 is 1.38 bits per heavy atom. The largest absolute Gasteiger partial charge is 0.382 e. The second-order valence-corrected chi connectivity index (χ2v) is 3.43. The van der Waals surface area contributed by atoms with Crippen LogP contribution in [0.15, 0.2) is 23.3 Å². The molecular formula is C10H6O6. The monoisotopic (exact) mass is 222 g/mol. The number of carbonyl (C=O) groups excluding carboxylic acids is 4. The molecule has 0 spiro atoms. The van der Waals surface area contributed by atoms with Gasteiger partial charge in [0.05, 0.1) is 11.1 Å². The van der Waals surface area contributed by atoms with Crippen molar-refractivity contribution in [1.29, 1.82) is 0 Å². The van der Waals surface area contributed by atoms with E-state index < -0.39 is 46.5 Å². The number of ketones is 4. The quantitative estimate of drug-likeness (QED) is 0.358. The van der Waals surface area contributed by atoms with E-state index in [4.69, 9.17) is 0 Å². The Morgan fingerprint density at radius 1 is 0.750 bits per heavy atom. The highest BCUT2D eigenvalue weighted by Crippen LogP contribution is 2.25. The van der Waals surface area contributed by atoms with Crippen LogP contribution >= 0.6 is 0 Å². The zero-order valence-corrected chi connectivity index (χ0v) is 7.84. The van der Waals surface area contributed by atoms with Gasteiger partial charge in [0.25, 0.3) is 0 Å². The molecule has 0 radical (unpaired) electrons. The maximum atomic E-state index is 11.4. The SMILES string of the molecule is O=C1C=CC(=O)C2=C1C(=O)C(O)C(O)C2=O. The second kappa shape index (κ2) is 3.29. The molecule has 0 fully saturated rings. The predicted octanol–water partition coefficient (Wildman–Crippen LogP) is -2.14. The number of aliphatic hydroxyl groups is 2. The van der Waals surface area contributed by atoms with E-state index in [9.17, 15) is 29.4 Å². The number of hydrogen-bond acceptors (Lipinski definition) is 6. The van der Waals surface area contributed by atoms with Crippen molar-refractivity contribution >= 4 is 23.1 Å². The zero-order chi connectivity index (χ0) is 12.0. The highest BCUT2D eigenvalue weighted by atomic mass is 16.3. The van der Waals surface area contributed by atoms with Gasteiger partial charge in [-0.05, 0) is 12.2 Å². The van der Waals surface area contributed by atoms with Crippen molar-refractivity contribution in [1.82, 2.24) is 0 Å². The average molecular weight is 222 g/mol. The molecule has 2 unspecified atom stereocenters. The molecule has 0 aromatic heterocycles. The molecule has 0 saturated heterocycles. The molecule has 6 nitrogen and oxygen atoms in total. The van der Waals surface area contributed by atoms with E-state index in [1.165, 1.54) is 0 Å². The number of aliphatic hydroxyl groups excluding tert-OH is 2. The van der Waals surface area contributed by atoms with Crippen molar-refractivity contribution in [3.63, 3.8) is 0 Å². The van der Waals surface area contributed by atoms with Gasteiger partial charge >= 0.3 is 0 Å². The topological polar surface area (TPSA) is 109 Å². The number of rotatable bonds is 0. The third kappa shape index (κ3) is 1.21. The van der Waals surface area contributed by atoms with Crippen LogP contribution < -0.4 is 0 Å². The van der Waals surface area contributed by atoms with Gasteiger partial charge in [0.2, 0.25) is 0 Å². The lowest BCUT2D eigenvalue weighted by atomic mass is 9.79. The van der Waals surface area contributed by atoms with Crippen LogP contribution in [0.1, 0.15) is 0 Å². The summed E-state index contributed by atoms with van der Waals surface area (Å²) in [6.07, 6.45) is -2.24. The molecule has 0 amide bonds. The van der Waals surface area contributed by atoms with Crippen molar-refractivity contribution in [2.45, 2.75) is 12.2 Å². The van der Waals surface area contributed by atoms with Gasteiger partial charge < -0.3 is 10.2 Å². The van der Waals surface area contributed by atoms with Gasteiger partial charge in [-0.1, -0.05) is 0 Å². The molecule has 0 bridgehead atoms. The Morgan fingerprint density at radius 2 is 1.06 bits per heavy atom. The van der Waals surface area contributed by atoms with E-state index in [1.54, 1.807) is 0 Å². The first-order valence-corrected chi connectivity index (χ1v) is 4.40. The first kappa shape index (κ1) is 10.6. The van der Waals surface area contributed by atoms with Crippen molar-refractivity contribution in [3.05, 3.63) is 23.3 Å². The second-order valence-electron chi connectivity index (χ2n) is 3.43. The van der Waals surface area contributed by atoms with Gasteiger partial charge in [0.15, 0.2) is 35.3 Å². The Kier molecular flexibility index (Phi) is 2.18. The van der Waals surface area contributed by atoms with E-state index in [-0.39, 0.29) is 0 Å². The van der Waals surface area contributed by atoms with Crippen molar-refractivity contribution in [2.75, 3.05) is 0 Å². The van der Waals surface area contributed by atoms with E-state index in [1.807, 2.05) is 0 Å². The predicted molar refractivity (Wildman–Crippen MR) is 48.2 cm³/mol. The highest BCUT2D eigenvalue weighted by Gasteiger charge is 2.46. The molecule has 2 N–H and O–H groups in total. The molecule has 6 heteroatoms. The highest BCUT2D eigenvalue weighted by molar-refractivity contribution is 6.43. The third-order valence-corrected chi connectivity index (χ3v) is 2.46. The average Bonchev–Trinajstić information content (AvgIpc) is 2.26. The fourth-order valence-corrected chi connectivity index (χ4v) is 1.64. The fourth-order valence-electron chi connectivity index (χ4n) is 1.64. The number of hydrogen-bond donors (Lipinski definition) is 2. The van der Waals surface area contributed by atoms with E-state index in [0.717, 1.165) is 12.2 Å². The summed E-state index contributed by atoms with van der Waals surface area (Å²) in [4.78, 5) is 45.5. The Labute approximate surface area is 88.9 Å². The van der Waals surface area contributed by atoms with E-state index in [0.29, 0.717) is 0 Å². The maximum absolute atomic E-state index is 11.4. The zero-order valence-electron chi connectivity index (χ0n) is 7.84. The molecule has 0 aromatic carbocycles. The summed E-state index contributed by atoms with van der Waals surface area (Å²) in [5.41, 5.74) is -1.26. The molecule has 2 aliphatic carbocycles.